The number of halogens is 3. The highest BCUT2D eigenvalue weighted by molar-refractivity contribution is 9.10. The van der Waals surface area contributed by atoms with E-state index in [1.165, 1.54) is 7.11 Å². The Labute approximate surface area is 208 Å². The minimum atomic E-state index is -0.514. The Morgan fingerprint density at radius 2 is 1.79 bits per heavy atom. The van der Waals surface area contributed by atoms with Crippen LogP contribution in [0.4, 0.5) is 10.5 Å². The Hall–Kier alpha value is -3.00. The van der Waals surface area contributed by atoms with E-state index in [1.807, 2.05) is 6.07 Å². The maximum Gasteiger partial charge on any atom is 0.333 e. The molecule has 0 unspecified atom stereocenters. The molecule has 0 radical (unpaired) electrons. The molecule has 33 heavy (non-hydrogen) atoms. The zero-order valence-corrected chi connectivity index (χ0v) is 20.4. The number of methoxy groups -OCH3 is 1. The summed E-state index contributed by atoms with van der Waals surface area (Å²) in [4.78, 5) is 26.3. The topological polar surface area (TPSA) is 67.9 Å². The largest absolute Gasteiger partial charge is 0.493 e. The van der Waals surface area contributed by atoms with Crippen LogP contribution in [0.3, 0.4) is 0 Å². The quantitative estimate of drug-likeness (QED) is 0.285. The third-order valence-electron chi connectivity index (χ3n) is 4.87. The van der Waals surface area contributed by atoms with Crippen LogP contribution in [-0.4, -0.2) is 19.0 Å². The van der Waals surface area contributed by atoms with Crippen LogP contribution in [0, 0.1) is 0 Å². The molecular weight excluding hydrogens is 531 g/mol. The molecule has 1 aliphatic rings. The van der Waals surface area contributed by atoms with Crippen molar-refractivity contribution in [3.8, 4) is 11.5 Å². The summed E-state index contributed by atoms with van der Waals surface area (Å²) in [5, 5.41) is 3.66. The molecule has 1 heterocycles. The van der Waals surface area contributed by atoms with Gasteiger partial charge in [0.1, 0.15) is 12.3 Å². The summed E-state index contributed by atoms with van der Waals surface area (Å²) < 4.78 is 12.0. The first-order chi connectivity index (χ1) is 15.9. The van der Waals surface area contributed by atoms with Crippen molar-refractivity contribution in [2.24, 2.45) is 0 Å². The minimum absolute atomic E-state index is 0.147. The molecule has 0 saturated carbocycles. The van der Waals surface area contributed by atoms with Crippen LogP contribution >= 0.6 is 39.1 Å². The van der Waals surface area contributed by atoms with Gasteiger partial charge in [0.05, 0.1) is 12.8 Å². The second kappa shape index (κ2) is 9.87. The van der Waals surface area contributed by atoms with Crippen LogP contribution in [0.5, 0.6) is 11.5 Å². The number of para-hydroxylation sites is 1. The highest BCUT2D eigenvalue weighted by atomic mass is 79.9. The molecule has 3 aromatic carbocycles. The van der Waals surface area contributed by atoms with Crippen molar-refractivity contribution in [2.75, 3.05) is 12.0 Å². The number of urea groups is 1. The summed E-state index contributed by atoms with van der Waals surface area (Å²) in [5.41, 5.74) is 2.03. The monoisotopic (exact) mass is 546 g/mol. The van der Waals surface area contributed by atoms with Crippen molar-refractivity contribution in [3.63, 3.8) is 0 Å². The average molecular weight is 548 g/mol. The zero-order valence-electron chi connectivity index (χ0n) is 17.3. The molecule has 9 heteroatoms. The first-order valence-electron chi connectivity index (χ1n) is 9.74. The number of anilines is 1. The Balaban J connectivity index is 1.58. The number of imide groups is 1. The van der Waals surface area contributed by atoms with Gasteiger partial charge in [-0.05, 0) is 48.0 Å². The summed E-state index contributed by atoms with van der Waals surface area (Å²) in [5.74, 6) is 0.479. The molecule has 1 aliphatic heterocycles. The fourth-order valence-electron chi connectivity index (χ4n) is 3.23. The number of hydrogen-bond acceptors (Lipinski definition) is 4. The van der Waals surface area contributed by atoms with Gasteiger partial charge in [0, 0.05) is 20.1 Å². The zero-order chi connectivity index (χ0) is 23.5. The summed E-state index contributed by atoms with van der Waals surface area (Å²) in [6.07, 6.45) is 1.58. The molecule has 0 atom stereocenters. The van der Waals surface area contributed by atoms with E-state index in [0.29, 0.717) is 37.3 Å². The van der Waals surface area contributed by atoms with E-state index < -0.39 is 11.9 Å². The first-order valence-corrected chi connectivity index (χ1v) is 11.3. The molecule has 1 saturated heterocycles. The molecule has 0 spiro atoms. The lowest BCUT2D eigenvalue weighted by molar-refractivity contribution is -0.113. The van der Waals surface area contributed by atoms with Crippen LogP contribution in [0.25, 0.3) is 6.08 Å². The van der Waals surface area contributed by atoms with Gasteiger partial charge in [-0.15, -0.1) is 0 Å². The molecule has 1 N–H and O–H groups in total. The number of amides is 3. The van der Waals surface area contributed by atoms with Gasteiger partial charge in [0.15, 0.2) is 11.5 Å². The smallest absolute Gasteiger partial charge is 0.333 e. The molecule has 1 fully saturated rings. The van der Waals surface area contributed by atoms with Gasteiger partial charge in [-0.1, -0.05) is 63.4 Å². The molecule has 0 aliphatic carbocycles. The molecule has 3 amide bonds. The number of benzene rings is 3. The molecule has 0 bridgehead atoms. The lowest BCUT2D eigenvalue weighted by Crippen LogP contribution is -2.30. The summed E-state index contributed by atoms with van der Waals surface area (Å²) in [6, 6.07) is 16.8. The fraction of sp³-hybridized carbons (Fsp3) is 0.0833. The van der Waals surface area contributed by atoms with Crippen LogP contribution in [0.1, 0.15) is 11.1 Å². The molecular formula is C24H17BrCl2N2O4. The standard InChI is InChI=1S/C24H17BrCl2N2O4/c1-32-21-10-15(9-20-23(30)29(24(31)28-20)17-5-3-2-4-6-17)18(25)12-22(21)33-13-14-7-8-16(26)11-19(14)27/h2-12H,13H2,1H3,(H,28,31)/b20-9+. The Morgan fingerprint density at radius 1 is 1.03 bits per heavy atom. The number of carbonyl (C=O) groups is 2. The first kappa shape index (κ1) is 23.2. The van der Waals surface area contributed by atoms with Gasteiger partial charge < -0.3 is 14.8 Å². The number of ether oxygens (including phenoxy) is 2. The SMILES string of the molecule is COc1cc(/C=C2/NC(=O)N(c3ccccc3)C2=O)c(Br)cc1OCc1ccc(Cl)cc1Cl. The molecule has 6 nitrogen and oxygen atoms in total. The van der Waals surface area contributed by atoms with Crippen molar-refractivity contribution in [1.29, 1.82) is 0 Å². The van der Waals surface area contributed by atoms with Crippen LogP contribution in [0.15, 0.2) is 70.8 Å². The number of rotatable bonds is 6. The summed E-state index contributed by atoms with van der Waals surface area (Å²) in [7, 11) is 1.52. The van der Waals surface area contributed by atoms with Crippen molar-refractivity contribution >= 4 is 62.8 Å². The summed E-state index contributed by atoms with van der Waals surface area (Å²) >= 11 is 15.7. The minimum Gasteiger partial charge on any atom is -0.493 e. The number of nitrogens with zero attached hydrogens (tertiary/aromatic N) is 1. The summed E-state index contributed by atoms with van der Waals surface area (Å²) in [6.45, 7) is 0.208. The third kappa shape index (κ3) is 5.00. The van der Waals surface area contributed by atoms with E-state index in [9.17, 15) is 9.59 Å². The second-order valence-electron chi connectivity index (χ2n) is 7.01. The van der Waals surface area contributed by atoms with Crippen molar-refractivity contribution in [3.05, 3.63) is 92.0 Å². The van der Waals surface area contributed by atoms with E-state index in [4.69, 9.17) is 32.7 Å². The van der Waals surface area contributed by atoms with Crippen LogP contribution in [0.2, 0.25) is 10.0 Å². The maximum absolute atomic E-state index is 12.8. The van der Waals surface area contributed by atoms with E-state index in [-0.39, 0.29) is 12.3 Å². The predicted molar refractivity (Wildman–Crippen MR) is 132 cm³/mol. The van der Waals surface area contributed by atoms with Crippen LogP contribution < -0.4 is 19.7 Å². The maximum atomic E-state index is 12.8. The number of carbonyl (C=O) groups excluding carboxylic acids is 2. The molecule has 0 aromatic heterocycles. The lowest BCUT2D eigenvalue weighted by Gasteiger charge is -2.14. The van der Waals surface area contributed by atoms with Gasteiger partial charge in [0.2, 0.25) is 0 Å². The predicted octanol–water partition coefficient (Wildman–Crippen LogP) is 6.44. The highest BCUT2D eigenvalue weighted by Gasteiger charge is 2.34. The molecule has 3 aromatic rings. The second-order valence-corrected chi connectivity index (χ2v) is 8.71. The van der Waals surface area contributed by atoms with Crippen LogP contribution in [-0.2, 0) is 11.4 Å². The Kier molecular flexibility index (Phi) is 6.93. The van der Waals surface area contributed by atoms with E-state index in [1.54, 1.807) is 60.7 Å². The Bertz CT molecular complexity index is 1260. The number of hydrogen-bond donors (Lipinski definition) is 1. The molecule has 4 rings (SSSR count). The normalized spacial score (nSPS) is 14.5. The van der Waals surface area contributed by atoms with Crippen molar-refractivity contribution in [1.82, 2.24) is 5.32 Å². The van der Waals surface area contributed by atoms with Gasteiger partial charge >= 0.3 is 6.03 Å². The fourth-order valence-corrected chi connectivity index (χ4v) is 4.13. The molecule has 168 valence electrons. The van der Waals surface area contributed by atoms with Gasteiger partial charge in [0.25, 0.3) is 5.91 Å². The van der Waals surface area contributed by atoms with E-state index >= 15 is 0 Å². The third-order valence-corrected chi connectivity index (χ3v) is 6.15. The average Bonchev–Trinajstić information content (AvgIpc) is 3.08. The lowest BCUT2D eigenvalue weighted by atomic mass is 10.1. The highest BCUT2D eigenvalue weighted by Crippen LogP contribution is 2.36. The van der Waals surface area contributed by atoms with Crippen molar-refractivity contribution in [2.45, 2.75) is 6.61 Å². The van der Waals surface area contributed by atoms with Crippen molar-refractivity contribution < 1.29 is 19.1 Å². The van der Waals surface area contributed by atoms with Gasteiger partial charge in [-0.3, -0.25) is 4.79 Å². The van der Waals surface area contributed by atoms with E-state index in [2.05, 4.69) is 21.2 Å². The van der Waals surface area contributed by atoms with Gasteiger partial charge in [-0.2, -0.15) is 0 Å². The Morgan fingerprint density at radius 3 is 2.48 bits per heavy atom. The number of nitrogens with one attached hydrogen (secondary N) is 1. The van der Waals surface area contributed by atoms with Gasteiger partial charge in [-0.25, -0.2) is 9.69 Å². The van der Waals surface area contributed by atoms with E-state index in [0.717, 1.165) is 10.5 Å².